The molecule has 0 aromatic heterocycles. The number of hydrogen-bond donors (Lipinski definition) is 2. The normalized spacial score (nSPS) is 11.1. The Morgan fingerprint density at radius 2 is 1.91 bits per heavy atom. The topological polar surface area (TPSA) is 75.3 Å². The van der Waals surface area contributed by atoms with E-state index in [-0.39, 0.29) is 16.5 Å². The molecule has 2 aromatic carbocycles. The van der Waals surface area contributed by atoms with Crippen LogP contribution in [0.25, 0.3) is 0 Å². The van der Waals surface area contributed by atoms with Crippen LogP contribution in [0.2, 0.25) is 0 Å². The van der Waals surface area contributed by atoms with Gasteiger partial charge < -0.3 is 5.32 Å². The summed E-state index contributed by atoms with van der Waals surface area (Å²) >= 11 is 0. The summed E-state index contributed by atoms with van der Waals surface area (Å²) in [7, 11) is -3.93. The highest BCUT2D eigenvalue weighted by Crippen LogP contribution is 2.19. The number of nitrogens with one attached hydrogen (secondary N) is 2. The molecule has 0 aliphatic heterocycles. The summed E-state index contributed by atoms with van der Waals surface area (Å²) in [6, 6.07) is 9.78. The predicted octanol–water partition coefficient (Wildman–Crippen LogP) is 2.68. The van der Waals surface area contributed by atoms with Crippen molar-refractivity contribution >= 4 is 21.6 Å². The van der Waals surface area contributed by atoms with Gasteiger partial charge in [-0.3, -0.25) is 9.52 Å². The lowest BCUT2D eigenvalue weighted by Gasteiger charge is -2.10. The van der Waals surface area contributed by atoms with Crippen molar-refractivity contribution in [2.45, 2.75) is 18.7 Å². The maximum absolute atomic E-state index is 13.6. The fourth-order valence-corrected chi connectivity index (χ4v) is 3.00. The first kappa shape index (κ1) is 17.0. The van der Waals surface area contributed by atoms with Gasteiger partial charge in [-0.2, -0.15) is 0 Å². The molecular formula is C16H17FN2O3S. The molecule has 7 heteroatoms. The van der Waals surface area contributed by atoms with Gasteiger partial charge in [0.2, 0.25) is 0 Å². The Balaban J connectivity index is 2.28. The number of sulfonamides is 1. The zero-order valence-electron chi connectivity index (χ0n) is 12.8. The van der Waals surface area contributed by atoms with Crippen LogP contribution in [0.4, 0.5) is 10.1 Å². The molecule has 0 unspecified atom stereocenters. The molecule has 2 aromatic rings. The third-order valence-electron chi connectivity index (χ3n) is 3.17. The molecule has 1 amide bonds. The van der Waals surface area contributed by atoms with E-state index in [1.165, 1.54) is 24.3 Å². The second kappa shape index (κ2) is 6.78. The van der Waals surface area contributed by atoms with Crippen LogP contribution in [0.5, 0.6) is 0 Å². The van der Waals surface area contributed by atoms with Crippen LogP contribution >= 0.6 is 0 Å². The average Bonchev–Trinajstić information content (AvgIpc) is 2.50. The highest BCUT2D eigenvalue weighted by Gasteiger charge is 2.16. The lowest BCUT2D eigenvalue weighted by Crippen LogP contribution is -2.22. The van der Waals surface area contributed by atoms with E-state index in [1.54, 1.807) is 26.0 Å². The molecule has 2 N–H and O–H groups in total. The summed E-state index contributed by atoms with van der Waals surface area (Å²) in [4.78, 5) is 11.6. The summed E-state index contributed by atoms with van der Waals surface area (Å²) in [6.07, 6.45) is 0. The summed E-state index contributed by atoms with van der Waals surface area (Å²) < 4.78 is 40.5. The van der Waals surface area contributed by atoms with Gasteiger partial charge in [0.25, 0.3) is 15.9 Å². The average molecular weight is 336 g/mol. The third-order valence-corrected chi connectivity index (χ3v) is 4.55. The third kappa shape index (κ3) is 4.07. The minimum absolute atomic E-state index is 0.177. The Morgan fingerprint density at radius 1 is 1.17 bits per heavy atom. The number of carbonyl (C=O) groups is 1. The van der Waals surface area contributed by atoms with Gasteiger partial charge in [0.05, 0.1) is 4.90 Å². The molecule has 0 aliphatic rings. The van der Waals surface area contributed by atoms with Crippen molar-refractivity contribution in [2.24, 2.45) is 0 Å². The first-order valence-electron chi connectivity index (χ1n) is 7.00. The van der Waals surface area contributed by atoms with E-state index in [9.17, 15) is 17.6 Å². The van der Waals surface area contributed by atoms with Crippen LogP contribution in [0, 0.1) is 12.7 Å². The van der Waals surface area contributed by atoms with Crippen LogP contribution in [-0.4, -0.2) is 20.9 Å². The molecule has 0 bridgehead atoms. The largest absolute Gasteiger partial charge is 0.352 e. The second-order valence-electron chi connectivity index (χ2n) is 4.96. The number of aryl methyl sites for hydroxylation is 1. The number of benzene rings is 2. The standard InChI is InChI=1S/C16H17FN2O3S/c1-3-18-16(20)12-5-4-6-13(9-12)19-23(21,22)14-8-7-11(2)15(17)10-14/h4-10,19H,3H2,1-2H3,(H,18,20). The van der Waals surface area contributed by atoms with Crippen molar-refractivity contribution < 1.29 is 17.6 Å². The van der Waals surface area contributed by atoms with Gasteiger partial charge in [-0.15, -0.1) is 0 Å². The molecule has 0 fully saturated rings. The van der Waals surface area contributed by atoms with Crippen molar-refractivity contribution in [3.05, 3.63) is 59.4 Å². The van der Waals surface area contributed by atoms with Gasteiger partial charge in [-0.25, -0.2) is 12.8 Å². The van der Waals surface area contributed by atoms with Gasteiger partial charge in [0, 0.05) is 17.8 Å². The number of amides is 1. The molecule has 0 saturated heterocycles. The minimum atomic E-state index is -3.93. The highest BCUT2D eigenvalue weighted by molar-refractivity contribution is 7.92. The first-order valence-corrected chi connectivity index (χ1v) is 8.49. The van der Waals surface area contributed by atoms with E-state index in [0.717, 1.165) is 6.07 Å². The summed E-state index contributed by atoms with van der Waals surface area (Å²) in [5, 5.41) is 2.63. The Morgan fingerprint density at radius 3 is 2.57 bits per heavy atom. The van der Waals surface area contributed by atoms with Gasteiger partial charge in [0.1, 0.15) is 5.82 Å². The van der Waals surface area contributed by atoms with Crippen molar-refractivity contribution in [3.8, 4) is 0 Å². The number of halogens is 1. The van der Waals surface area contributed by atoms with Crippen molar-refractivity contribution in [1.82, 2.24) is 5.32 Å². The quantitative estimate of drug-likeness (QED) is 0.881. The van der Waals surface area contributed by atoms with E-state index in [0.29, 0.717) is 17.7 Å². The maximum atomic E-state index is 13.6. The second-order valence-corrected chi connectivity index (χ2v) is 6.64. The van der Waals surface area contributed by atoms with Crippen LogP contribution in [0.1, 0.15) is 22.8 Å². The molecule has 0 aliphatic carbocycles. The molecule has 2 rings (SSSR count). The van der Waals surface area contributed by atoms with Gasteiger partial charge >= 0.3 is 0 Å². The zero-order valence-corrected chi connectivity index (χ0v) is 13.6. The lowest BCUT2D eigenvalue weighted by atomic mass is 10.2. The van der Waals surface area contributed by atoms with Crippen LogP contribution in [0.3, 0.4) is 0 Å². The van der Waals surface area contributed by atoms with Crippen LogP contribution < -0.4 is 10.0 Å². The minimum Gasteiger partial charge on any atom is -0.352 e. The molecule has 0 heterocycles. The van der Waals surface area contributed by atoms with Gasteiger partial charge in [-0.1, -0.05) is 12.1 Å². The van der Waals surface area contributed by atoms with Crippen molar-refractivity contribution in [3.63, 3.8) is 0 Å². The molecule has 0 saturated carbocycles. The fourth-order valence-electron chi connectivity index (χ4n) is 1.94. The van der Waals surface area contributed by atoms with E-state index in [4.69, 9.17) is 0 Å². The number of carbonyl (C=O) groups excluding carboxylic acids is 1. The summed E-state index contributed by atoms with van der Waals surface area (Å²) in [5.41, 5.74) is 0.930. The molecular weight excluding hydrogens is 319 g/mol. The van der Waals surface area contributed by atoms with E-state index in [1.807, 2.05) is 0 Å². The number of anilines is 1. The van der Waals surface area contributed by atoms with Gasteiger partial charge in [-0.05, 0) is 49.7 Å². The number of rotatable bonds is 5. The van der Waals surface area contributed by atoms with Gasteiger partial charge in [0.15, 0.2) is 0 Å². The highest BCUT2D eigenvalue weighted by atomic mass is 32.2. The Labute approximate surface area is 134 Å². The lowest BCUT2D eigenvalue weighted by molar-refractivity contribution is 0.0956. The molecule has 0 spiro atoms. The van der Waals surface area contributed by atoms with E-state index < -0.39 is 15.8 Å². The Hall–Kier alpha value is -2.41. The molecule has 0 atom stereocenters. The number of hydrogen-bond acceptors (Lipinski definition) is 3. The zero-order chi connectivity index (χ0) is 17.0. The smallest absolute Gasteiger partial charge is 0.261 e. The van der Waals surface area contributed by atoms with Crippen LogP contribution in [0.15, 0.2) is 47.4 Å². The fraction of sp³-hybridized carbons (Fsp3) is 0.188. The molecule has 122 valence electrons. The summed E-state index contributed by atoms with van der Waals surface area (Å²) in [5.74, 6) is -0.890. The molecule has 0 radical (unpaired) electrons. The maximum Gasteiger partial charge on any atom is 0.261 e. The van der Waals surface area contributed by atoms with Crippen molar-refractivity contribution in [2.75, 3.05) is 11.3 Å². The predicted molar refractivity (Wildman–Crippen MR) is 86.4 cm³/mol. The Kier molecular flexibility index (Phi) is 5.00. The van der Waals surface area contributed by atoms with E-state index >= 15 is 0 Å². The summed E-state index contributed by atoms with van der Waals surface area (Å²) in [6.45, 7) is 3.81. The van der Waals surface area contributed by atoms with Crippen molar-refractivity contribution in [1.29, 1.82) is 0 Å². The first-order chi connectivity index (χ1) is 10.8. The monoisotopic (exact) mass is 336 g/mol. The van der Waals surface area contributed by atoms with Crippen LogP contribution in [-0.2, 0) is 10.0 Å². The molecule has 5 nitrogen and oxygen atoms in total. The SMILES string of the molecule is CCNC(=O)c1cccc(NS(=O)(=O)c2ccc(C)c(F)c2)c1. The Bertz CT molecular complexity index is 835. The molecule has 23 heavy (non-hydrogen) atoms. The van der Waals surface area contributed by atoms with E-state index in [2.05, 4.69) is 10.0 Å².